The van der Waals surface area contributed by atoms with Gasteiger partial charge in [0, 0.05) is 18.7 Å². The van der Waals surface area contributed by atoms with Crippen molar-refractivity contribution in [2.75, 3.05) is 13.1 Å². The Morgan fingerprint density at radius 1 is 1.11 bits per heavy atom. The van der Waals surface area contributed by atoms with Crippen LogP contribution in [0.1, 0.15) is 51.9 Å². The topological polar surface area (TPSA) is 86.9 Å². The summed E-state index contributed by atoms with van der Waals surface area (Å²) in [6.45, 7) is 4.17. The van der Waals surface area contributed by atoms with E-state index in [9.17, 15) is 22.8 Å². The van der Waals surface area contributed by atoms with Crippen molar-refractivity contribution in [1.29, 1.82) is 0 Å². The first kappa shape index (κ1) is 20.9. The number of hydrogen-bond donors (Lipinski definition) is 3. The van der Waals surface area contributed by atoms with Gasteiger partial charge in [-0.3, -0.25) is 14.7 Å². The van der Waals surface area contributed by atoms with Gasteiger partial charge in [0.15, 0.2) is 5.69 Å². The molecule has 0 fully saturated rings. The Morgan fingerprint density at radius 2 is 1.67 bits per heavy atom. The fourth-order valence-electron chi connectivity index (χ4n) is 2.22. The van der Waals surface area contributed by atoms with Crippen molar-refractivity contribution >= 4 is 27.7 Å². The van der Waals surface area contributed by atoms with Crippen LogP contribution in [0.5, 0.6) is 0 Å². The maximum absolute atomic E-state index is 12.5. The second-order valence-corrected chi connectivity index (χ2v) is 6.83. The summed E-state index contributed by atoms with van der Waals surface area (Å²) in [5.41, 5.74) is 0.297. The van der Waals surface area contributed by atoms with Crippen LogP contribution in [-0.4, -0.2) is 35.1 Å². The lowest BCUT2D eigenvalue weighted by atomic mass is 10.1. The van der Waals surface area contributed by atoms with Crippen molar-refractivity contribution in [3.8, 4) is 0 Å². The summed E-state index contributed by atoms with van der Waals surface area (Å²) < 4.78 is 38.1. The molecule has 0 aliphatic carbocycles. The fraction of sp³-hybridized carbons (Fsp3) is 0.353. The molecule has 146 valence electrons. The Hall–Kier alpha value is -2.36. The lowest BCUT2D eigenvalue weighted by Gasteiger charge is -2.09. The van der Waals surface area contributed by atoms with Crippen LogP contribution in [0.2, 0.25) is 0 Å². The average molecular weight is 447 g/mol. The summed E-state index contributed by atoms with van der Waals surface area (Å²) >= 11 is 3.33. The van der Waals surface area contributed by atoms with Gasteiger partial charge in [-0.2, -0.15) is 18.3 Å². The highest BCUT2D eigenvalue weighted by Gasteiger charge is 2.30. The predicted molar refractivity (Wildman–Crippen MR) is 96.5 cm³/mol. The van der Waals surface area contributed by atoms with Gasteiger partial charge in [-0.1, -0.05) is 13.8 Å². The van der Waals surface area contributed by atoms with Gasteiger partial charge in [0.1, 0.15) is 0 Å². The molecule has 0 spiro atoms. The fourth-order valence-corrected chi connectivity index (χ4v) is 3.04. The molecule has 0 aliphatic rings. The average Bonchev–Trinajstić information content (AvgIpc) is 2.99. The zero-order valence-corrected chi connectivity index (χ0v) is 16.2. The summed E-state index contributed by atoms with van der Waals surface area (Å²) in [6, 6.07) is 3.90. The number of H-pyrrole nitrogens is 1. The number of alkyl halides is 3. The zero-order chi connectivity index (χ0) is 20.2. The van der Waals surface area contributed by atoms with E-state index < -0.39 is 23.6 Å². The Balaban J connectivity index is 1.82. The summed E-state index contributed by atoms with van der Waals surface area (Å²) in [4.78, 5) is 24.0. The largest absolute Gasteiger partial charge is 0.416 e. The molecule has 2 aromatic rings. The molecule has 1 aromatic carbocycles. The lowest BCUT2D eigenvalue weighted by molar-refractivity contribution is -0.137. The van der Waals surface area contributed by atoms with Crippen LogP contribution in [0.3, 0.4) is 0 Å². The van der Waals surface area contributed by atoms with Gasteiger partial charge < -0.3 is 10.6 Å². The number of rotatable bonds is 6. The Labute approximate surface area is 162 Å². The maximum atomic E-state index is 12.5. The van der Waals surface area contributed by atoms with E-state index in [1.807, 2.05) is 13.8 Å². The lowest BCUT2D eigenvalue weighted by Crippen LogP contribution is -2.35. The van der Waals surface area contributed by atoms with Gasteiger partial charge in [-0.05, 0) is 46.1 Å². The van der Waals surface area contributed by atoms with Crippen molar-refractivity contribution in [1.82, 2.24) is 20.8 Å². The summed E-state index contributed by atoms with van der Waals surface area (Å²) in [6.07, 6.45) is -4.45. The van der Waals surface area contributed by atoms with E-state index >= 15 is 0 Å². The van der Waals surface area contributed by atoms with Gasteiger partial charge >= 0.3 is 6.18 Å². The second-order valence-electron chi connectivity index (χ2n) is 6.04. The molecule has 2 rings (SSSR count). The number of aromatic amines is 1. The highest BCUT2D eigenvalue weighted by Crippen LogP contribution is 2.29. The standard InChI is InChI=1S/C17H18BrF3N4O2/c1-9(2)13-12(18)14(25-24-13)16(27)23-8-7-22-15(26)10-3-5-11(6-4-10)17(19,20)21/h3-6,9H,7-8H2,1-2H3,(H,22,26)(H,23,27)(H,24,25). The third-order valence-electron chi connectivity index (χ3n) is 3.70. The number of amides is 2. The third-order valence-corrected chi connectivity index (χ3v) is 4.50. The molecule has 0 aliphatic heterocycles. The number of carbonyl (C=O) groups is 2. The van der Waals surface area contributed by atoms with Crippen LogP contribution in [0.4, 0.5) is 13.2 Å². The van der Waals surface area contributed by atoms with Gasteiger partial charge in [-0.15, -0.1) is 0 Å². The minimum Gasteiger partial charge on any atom is -0.350 e. The third kappa shape index (κ3) is 5.31. The van der Waals surface area contributed by atoms with Gasteiger partial charge in [0.25, 0.3) is 11.8 Å². The van der Waals surface area contributed by atoms with E-state index in [0.717, 1.165) is 30.0 Å². The molecular weight excluding hydrogens is 429 g/mol. The number of aromatic nitrogens is 2. The van der Waals surface area contributed by atoms with Crippen LogP contribution in [0, 0.1) is 0 Å². The van der Waals surface area contributed by atoms with Crippen LogP contribution >= 0.6 is 15.9 Å². The van der Waals surface area contributed by atoms with Crippen molar-refractivity contribution in [2.24, 2.45) is 0 Å². The quantitative estimate of drug-likeness (QED) is 0.593. The predicted octanol–water partition coefficient (Wildman–Crippen LogP) is 3.47. The molecule has 1 aromatic heterocycles. The van der Waals surface area contributed by atoms with E-state index in [4.69, 9.17) is 0 Å². The first-order valence-corrected chi connectivity index (χ1v) is 8.88. The molecule has 27 heavy (non-hydrogen) atoms. The molecular formula is C17H18BrF3N4O2. The van der Waals surface area contributed by atoms with E-state index in [2.05, 4.69) is 36.8 Å². The number of nitrogens with zero attached hydrogens (tertiary/aromatic N) is 1. The zero-order valence-electron chi connectivity index (χ0n) is 14.6. The molecule has 0 bridgehead atoms. The Morgan fingerprint density at radius 3 is 2.15 bits per heavy atom. The van der Waals surface area contributed by atoms with Crippen molar-refractivity contribution in [2.45, 2.75) is 25.9 Å². The number of hydrogen-bond acceptors (Lipinski definition) is 3. The summed E-state index contributed by atoms with van der Waals surface area (Å²) in [5, 5.41) is 11.9. The summed E-state index contributed by atoms with van der Waals surface area (Å²) in [5.74, 6) is -0.772. The minimum absolute atomic E-state index is 0.103. The number of halogens is 4. The number of benzene rings is 1. The second kappa shape index (κ2) is 8.55. The van der Waals surface area contributed by atoms with E-state index in [-0.39, 0.29) is 30.3 Å². The molecule has 0 saturated heterocycles. The first-order chi connectivity index (χ1) is 12.6. The number of nitrogens with one attached hydrogen (secondary N) is 3. The smallest absolute Gasteiger partial charge is 0.350 e. The number of carbonyl (C=O) groups excluding carboxylic acids is 2. The van der Waals surface area contributed by atoms with E-state index in [1.165, 1.54) is 0 Å². The molecule has 10 heteroatoms. The van der Waals surface area contributed by atoms with Crippen molar-refractivity contribution < 1.29 is 22.8 Å². The van der Waals surface area contributed by atoms with Crippen molar-refractivity contribution in [3.05, 3.63) is 51.3 Å². The maximum Gasteiger partial charge on any atom is 0.416 e. The van der Waals surface area contributed by atoms with Gasteiger partial charge in [0.2, 0.25) is 0 Å². The van der Waals surface area contributed by atoms with Crippen molar-refractivity contribution in [3.63, 3.8) is 0 Å². The molecule has 0 radical (unpaired) electrons. The molecule has 0 saturated carbocycles. The van der Waals surface area contributed by atoms with Gasteiger partial charge in [-0.25, -0.2) is 0 Å². The Kier molecular flexibility index (Phi) is 6.63. The van der Waals surface area contributed by atoms with Crippen LogP contribution < -0.4 is 10.6 Å². The summed E-state index contributed by atoms with van der Waals surface area (Å²) in [7, 11) is 0. The Bertz CT molecular complexity index is 817. The van der Waals surface area contributed by atoms with E-state index in [0.29, 0.717) is 4.47 Å². The monoisotopic (exact) mass is 446 g/mol. The van der Waals surface area contributed by atoms with Gasteiger partial charge in [0.05, 0.1) is 15.7 Å². The highest BCUT2D eigenvalue weighted by molar-refractivity contribution is 9.10. The SMILES string of the molecule is CC(C)c1[nH]nc(C(=O)NCCNC(=O)c2ccc(C(F)(F)F)cc2)c1Br. The van der Waals surface area contributed by atoms with E-state index in [1.54, 1.807) is 0 Å². The minimum atomic E-state index is -4.45. The van der Waals surface area contributed by atoms with Crippen LogP contribution in [0.25, 0.3) is 0 Å². The molecule has 2 amide bonds. The molecule has 3 N–H and O–H groups in total. The highest BCUT2D eigenvalue weighted by atomic mass is 79.9. The molecule has 0 atom stereocenters. The normalized spacial score (nSPS) is 11.5. The molecule has 1 heterocycles. The van der Waals surface area contributed by atoms with Crippen LogP contribution in [-0.2, 0) is 6.18 Å². The first-order valence-electron chi connectivity index (χ1n) is 8.08. The molecule has 0 unspecified atom stereocenters. The molecule has 6 nitrogen and oxygen atoms in total. The van der Waals surface area contributed by atoms with Crippen LogP contribution in [0.15, 0.2) is 28.7 Å².